The Bertz CT molecular complexity index is 1340. The second-order valence-electron chi connectivity index (χ2n) is 9.06. The summed E-state index contributed by atoms with van der Waals surface area (Å²) < 4.78 is 22.7. The van der Waals surface area contributed by atoms with Crippen LogP contribution in [0.25, 0.3) is 28.2 Å². The van der Waals surface area contributed by atoms with Gasteiger partial charge in [-0.3, -0.25) is 0 Å². The van der Waals surface area contributed by atoms with Crippen molar-refractivity contribution in [2.45, 2.75) is 46.3 Å². The van der Waals surface area contributed by atoms with Gasteiger partial charge in [-0.25, -0.2) is 18.7 Å². The molecule has 170 valence electrons. The van der Waals surface area contributed by atoms with Gasteiger partial charge in [0.2, 0.25) is 0 Å². The zero-order valence-corrected chi connectivity index (χ0v) is 19.3. The molecule has 4 rings (SSSR count). The van der Waals surface area contributed by atoms with E-state index in [4.69, 9.17) is 9.84 Å². The lowest BCUT2D eigenvalue weighted by molar-refractivity contribution is -0.160. The Morgan fingerprint density at radius 1 is 1.09 bits per heavy atom. The van der Waals surface area contributed by atoms with Crippen LogP contribution in [-0.2, 0) is 9.53 Å². The molecule has 0 fully saturated rings. The number of benzene rings is 2. The topological polar surface area (TPSA) is 76.7 Å². The third-order valence-corrected chi connectivity index (χ3v) is 5.24. The molecule has 0 saturated carbocycles. The maximum Gasteiger partial charge on any atom is 0.337 e. The van der Waals surface area contributed by atoms with E-state index in [0.29, 0.717) is 22.7 Å². The van der Waals surface area contributed by atoms with E-state index in [1.54, 1.807) is 46.8 Å². The zero-order valence-electron chi connectivity index (χ0n) is 19.3. The number of halogens is 1. The summed E-state index contributed by atoms with van der Waals surface area (Å²) in [6, 6.07) is 16.2. The molecule has 1 unspecified atom stereocenters. The van der Waals surface area contributed by atoms with Gasteiger partial charge in [-0.1, -0.05) is 36.4 Å². The maximum absolute atomic E-state index is 15.3. The van der Waals surface area contributed by atoms with Crippen LogP contribution in [0, 0.1) is 19.7 Å². The number of nitrogens with zero attached hydrogens (tertiary/aromatic N) is 3. The molecule has 0 spiro atoms. The quantitative estimate of drug-likeness (QED) is 0.421. The van der Waals surface area contributed by atoms with Gasteiger partial charge in [0.15, 0.2) is 11.8 Å². The van der Waals surface area contributed by atoms with E-state index < -0.39 is 23.5 Å². The number of carboxylic acids is 1. The SMILES string of the molecule is Cc1ccc(-c2c(C(OC(C)(C)C)C(=O)O)c(C)nc3cc(-c4ccccc4)nn23)c(F)c1. The largest absolute Gasteiger partial charge is 0.479 e. The second-order valence-corrected chi connectivity index (χ2v) is 9.06. The van der Waals surface area contributed by atoms with Crippen LogP contribution >= 0.6 is 0 Å². The average molecular weight is 448 g/mol. The van der Waals surface area contributed by atoms with Crippen LogP contribution < -0.4 is 0 Å². The van der Waals surface area contributed by atoms with Crippen molar-refractivity contribution in [3.05, 3.63) is 77.2 Å². The zero-order chi connectivity index (χ0) is 23.9. The van der Waals surface area contributed by atoms with Crippen molar-refractivity contribution in [1.82, 2.24) is 14.6 Å². The molecule has 0 bridgehead atoms. The molecular weight excluding hydrogens is 421 g/mol. The highest BCUT2D eigenvalue weighted by Crippen LogP contribution is 2.37. The molecule has 6 nitrogen and oxygen atoms in total. The van der Waals surface area contributed by atoms with E-state index >= 15 is 4.39 Å². The number of carboxylic acid groups (broad SMARTS) is 1. The van der Waals surface area contributed by atoms with Gasteiger partial charge in [-0.15, -0.1) is 0 Å². The van der Waals surface area contributed by atoms with E-state index in [1.165, 1.54) is 10.6 Å². The summed E-state index contributed by atoms with van der Waals surface area (Å²) in [5.41, 5.74) is 3.27. The number of aromatic nitrogens is 3. The smallest absolute Gasteiger partial charge is 0.337 e. The first-order valence-corrected chi connectivity index (χ1v) is 10.7. The average Bonchev–Trinajstić information content (AvgIpc) is 3.15. The third kappa shape index (κ3) is 4.50. The van der Waals surface area contributed by atoms with Gasteiger partial charge in [0, 0.05) is 28.5 Å². The summed E-state index contributed by atoms with van der Waals surface area (Å²) in [5.74, 6) is -1.65. The standard InChI is InChI=1S/C26H26FN3O3/c1-15-11-12-18(19(27)13-15)23-22(24(25(31)32)33-26(3,4)5)16(2)28-21-14-20(29-30(21)23)17-9-7-6-8-10-17/h6-14,24H,1-5H3,(H,31,32). The fourth-order valence-electron chi connectivity index (χ4n) is 3.85. The van der Waals surface area contributed by atoms with Gasteiger partial charge >= 0.3 is 5.97 Å². The first-order chi connectivity index (χ1) is 15.5. The minimum Gasteiger partial charge on any atom is -0.479 e. The van der Waals surface area contributed by atoms with E-state index in [9.17, 15) is 9.90 Å². The van der Waals surface area contributed by atoms with Crippen molar-refractivity contribution in [3.63, 3.8) is 0 Å². The molecule has 0 saturated heterocycles. The lowest BCUT2D eigenvalue weighted by Gasteiger charge is -2.27. The fraction of sp³-hybridized carbons (Fsp3) is 0.269. The van der Waals surface area contributed by atoms with Gasteiger partial charge in [-0.2, -0.15) is 5.10 Å². The molecule has 2 aromatic carbocycles. The summed E-state index contributed by atoms with van der Waals surface area (Å²) in [7, 11) is 0. The Morgan fingerprint density at radius 3 is 2.39 bits per heavy atom. The maximum atomic E-state index is 15.3. The Morgan fingerprint density at radius 2 is 1.79 bits per heavy atom. The first-order valence-electron chi connectivity index (χ1n) is 10.7. The Balaban J connectivity index is 2.08. The third-order valence-electron chi connectivity index (χ3n) is 5.24. The number of aryl methyl sites for hydroxylation is 2. The highest BCUT2D eigenvalue weighted by atomic mass is 19.1. The van der Waals surface area contributed by atoms with E-state index in [-0.39, 0.29) is 11.1 Å². The number of ether oxygens (including phenoxy) is 1. The minimum atomic E-state index is -1.36. The van der Waals surface area contributed by atoms with Gasteiger partial charge in [-0.05, 0) is 52.3 Å². The number of hydrogen-bond acceptors (Lipinski definition) is 4. The molecule has 4 aromatic rings. The molecule has 0 radical (unpaired) electrons. The van der Waals surface area contributed by atoms with Crippen molar-refractivity contribution in [1.29, 1.82) is 0 Å². The molecule has 2 aromatic heterocycles. The summed E-state index contributed by atoms with van der Waals surface area (Å²) in [5, 5.41) is 14.8. The summed E-state index contributed by atoms with van der Waals surface area (Å²) in [6.45, 7) is 8.83. The molecule has 33 heavy (non-hydrogen) atoms. The van der Waals surface area contributed by atoms with Gasteiger partial charge in [0.05, 0.1) is 17.0 Å². The molecule has 1 N–H and O–H groups in total. The number of fused-ring (bicyclic) bond motifs is 1. The summed E-state index contributed by atoms with van der Waals surface area (Å²) >= 11 is 0. The highest BCUT2D eigenvalue weighted by Gasteiger charge is 2.33. The fourth-order valence-corrected chi connectivity index (χ4v) is 3.85. The molecule has 1 atom stereocenters. The summed E-state index contributed by atoms with van der Waals surface area (Å²) in [4.78, 5) is 17.0. The minimum absolute atomic E-state index is 0.234. The number of carbonyl (C=O) groups is 1. The second kappa shape index (κ2) is 8.41. The molecule has 0 aliphatic heterocycles. The lowest BCUT2D eigenvalue weighted by Crippen LogP contribution is -2.29. The molecule has 0 aliphatic carbocycles. The van der Waals surface area contributed by atoms with Crippen LogP contribution in [-0.4, -0.2) is 31.3 Å². The molecule has 0 aliphatic rings. The Hall–Kier alpha value is -3.58. The van der Waals surface area contributed by atoms with Crippen molar-refractivity contribution in [2.75, 3.05) is 0 Å². The molecular formula is C26H26FN3O3. The predicted octanol–water partition coefficient (Wildman–Crippen LogP) is 5.76. The number of aliphatic carboxylic acids is 1. The number of rotatable bonds is 5. The van der Waals surface area contributed by atoms with Crippen molar-refractivity contribution in [2.24, 2.45) is 0 Å². The Kier molecular flexibility index (Phi) is 5.76. The van der Waals surface area contributed by atoms with Crippen LogP contribution in [0.15, 0.2) is 54.6 Å². The van der Waals surface area contributed by atoms with Gasteiger partial charge in [0.25, 0.3) is 0 Å². The van der Waals surface area contributed by atoms with E-state index in [1.807, 2.05) is 36.4 Å². The van der Waals surface area contributed by atoms with Crippen LogP contribution in [0.5, 0.6) is 0 Å². The van der Waals surface area contributed by atoms with Crippen LogP contribution in [0.1, 0.15) is 43.7 Å². The molecule has 0 amide bonds. The van der Waals surface area contributed by atoms with E-state index in [0.717, 1.165) is 11.1 Å². The van der Waals surface area contributed by atoms with Crippen molar-refractivity contribution >= 4 is 11.6 Å². The number of hydrogen-bond donors (Lipinski definition) is 1. The first kappa shape index (κ1) is 22.6. The van der Waals surface area contributed by atoms with E-state index in [2.05, 4.69) is 4.98 Å². The predicted molar refractivity (Wildman–Crippen MR) is 125 cm³/mol. The van der Waals surface area contributed by atoms with Gasteiger partial charge < -0.3 is 9.84 Å². The summed E-state index contributed by atoms with van der Waals surface area (Å²) in [6.07, 6.45) is -1.36. The van der Waals surface area contributed by atoms with Crippen LogP contribution in [0.3, 0.4) is 0 Å². The van der Waals surface area contributed by atoms with Gasteiger partial charge in [0.1, 0.15) is 5.82 Å². The van der Waals surface area contributed by atoms with Crippen LogP contribution in [0.4, 0.5) is 4.39 Å². The Labute approximate surface area is 191 Å². The highest BCUT2D eigenvalue weighted by molar-refractivity contribution is 5.81. The van der Waals surface area contributed by atoms with Crippen molar-refractivity contribution < 1.29 is 19.0 Å². The normalized spacial score (nSPS) is 12.8. The monoisotopic (exact) mass is 447 g/mol. The van der Waals surface area contributed by atoms with Crippen molar-refractivity contribution in [3.8, 4) is 22.5 Å². The lowest BCUT2D eigenvalue weighted by atomic mass is 9.98. The molecule has 2 heterocycles. The molecule has 7 heteroatoms. The van der Waals surface area contributed by atoms with Crippen LogP contribution in [0.2, 0.25) is 0 Å².